The number of thiazole rings is 2. The van der Waals surface area contributed by atoms with Crippen LogP contribution in [0.3, 0.4) is 0 Å². The van der Waals surface area contributed by atoms with Crippen molar-refractivity contribution in [1.82, 2.24) is 15.3 Å². The van der Waals surface area contributed by atoms with Crippen molar-refractivity contribution in [1.29, 1.82) is 0 Å². The van der Waals surface area contributed by atoms with E-state index in [1.807, 2.05) is 44.2 Å². The van der Waals surface area contributed by atoms with Gasteiger partial charge in [-0.25, -0.2) is 14.8 Å². The van der Waals surface area contributed by atoms with Crippen LogP contribution in [0.15, 0.2) is 36.5 Å². The molecular formula is C18H17N3O3S2. The number of aromatic nitrogens is 2. The fourth-order valence-corrected chi connectivity index (χ4v) is 4.28. The highest BCUT2D eigenvalue weighted by Crippen LogP contribution is 2.30. The van der Waals surface area contributed by atoms with Crippen molar-refractivity contribution in [3.8, 4) is 10.4 Å². The lowest BCUT2D eigenvalue weighted by Gasteiger charge is -2.12. The molecular weight excluding hydrogens is 370 g/mol. The molecule has 3 rings (SSSR count). The van der Waals surface area contributed by atoms with Gasteiger partial charge in [0, 0.05) is 12.5 Å². The van der Waals surface area contributed by atoms with Gasteiger partial charge in [-0.05, 0) is 19.4 Å². The lowest BCUT2D eigenvalue weighted by Crippen LogP contribution is -2.34. The van der Waals surface area contributed by atoms with Gasteiger partial charge in [0.1, 0.15) is 10.6 Å². The van der Waals surface area contributed by atoms with Crippen LogP contribution >= 0.6 is 22.7 Å². The first-order chi connectivity index (χ1) is 12.4. The molecule has 1 unspecified atom stereocenters. The SMILES string of the molecule is Cc1nc(C(=O)NC(C)Cc2ncc(C(=O)O)s2)c(-c2ccccc2)s1. The van der Waals surface area contributed by atoms with E-state index in [2.05, 4.69) is 15.3 Å². The molecule has 3 aromatic rings. The summed E-state index contributed by atoms with van der Waals surface area (Å²) >= 11 is 2.61. The number of carbonyl (C=O) groups is 2. The molecule has 26 heavy (non-hydrogen) atoms. The van der Waals surface area contributed by atoms with Gasteiger partial charge < -0.3 is 10.4 Å². The molecule has 0 bridgehead atoms. The van der Waals surface area contributed by atoms with Gasteiger partial charge in [0.15, 0.2) is 0 Å². The number of hydrogen-bond donors (Lipinski definition) is 2. The molecule has 1 amide bonds. The maximum atomic E-state index is 12.7. The van der Waals surface area contributed by atoms with Gasteiger partial charge in [0.2, 0.25) is 0 Å². The standard InChI is InChI=1S/C18H17N3O3S2/c1-10(8-14-19-9-13(26-14)18(23)24)20-17(22)15-16(25-11(2)21-15)12-6-4-3-5-7-12/h3-7,9-10H,8H2,1-2H3,(H,20,22)(H,23,24). The van der Waals surface area contributed by atoms with Gasteiger partial charge >= 0.3 is 5.97 Å². The largest absolute Gasteiger partial charge is 0.477 e. The minimum absolute atomic E-state index is 0.194. The molecule has 2 heterocycles. The lowest BCUT2D eigenvalue weighted by molar-refractivity contribution is 0.0701. The summed E-state index contributed by atoms with van der Waals surface area (Å²) in [4.78, 5) is 33.1. The van der Waals surface area contributed by atoms with Crippen molar-refractivity contribution in [2.75, 3.05) is 0 Å². The van der Waals surface area contributed by atoms with E-state index in [0.29, 0.717) is 17.1 Å². The van der Waals surface area contributed by atoms with E-state index in [4.69, 9.17) is 5.11 Å². The zero-order valence-corrected chi connectivity index (χ0v) is 15.9. The second-order valence-electron chi connectivity index (χ2n) is 5.78. The maximum absolute atomic E-state index is 12.7. The lowest BCUT2D eigenvalue weighted by atomic mass is 10.1. The zero-order chi connectivity index (χ0) is 18.7. The molecule has 6 nitrogen and oxygen atoms in total. The monoisotopic (exact) mass is 387 g/mol. The van der Waals surface area contributed by atoms with E-state index in [0.717, 1.165) is 26.8 Å². The minimum Gasteiger partial charge on any atom is -0.477 e. The fourth-order valence-electron chi connectivity index (χ4n) is 2.47. The second-order valence-corrected chi connectivity index (χ2v) is 8.10. The highest BCUT2D eigenvalue weighted by Gasteiger charge is 2.20. The van der Waals surface area contributed by atoms with Gasteiger partial charge in [-0.1, -0.05) is 30.3 Å². The van der Waals surface area contributed by atoms with Gasteiger partial charge in [0.05, 0.1) is 21.1 Å². The maximum Gasteiger partial charge on any atom is 0.347 e. The first-order valence-corrected chi connectivity index (χ1v) is 9.59. The number of carbonyl (C=O) groups excluding carboxylic acids is 1. The van der Waals surface area contributed by atoms with Crippen LogP contribution in [0.2, 0.25) is 0 Å². The molecule has 0 radical (unpaired) electrons. The number of aromatic carboxylic acids is 1. The zero-order valence-electron chi connectivity index (χ0n) is 14.2. The number of benzene rings is 1. The molecule has 0 aliphatic carbocycles. The van der Waals surface area contributed by atoms with Crippen LogP contribution in [0.25, 0.3) is 10.4 Å². The van der Waals surface area contributed by atoms with E-state index in [9.17, 15) is 9.59 Å². The predicted octanol–water partition coefficient (Wildman–Crippen LogP) is 3.63. The smallest absolute Gasteiger partial charge is 0.347 e. The Hall–Kier alpha value is -2.58. The van der Waals surface area contributed by atoms with Gasteiger partial charge in [-0.3, -0.25) is 4.79 Å². The Labute approximate surface area is 158 Å². The molecule has 0 aliphatic heterocycles. The molecule has 1 atom stereocenters. The Kier molecular flexibility index (Phi) is 5.43. The number of hydrogen-bond acceptors (Lipinski definition) is 6. The van der Waals surface area contributed by atoms with Crippen molar-refractivity contribution in [3.05, 3.63) is 57.1 Å². The van der Waals surface area contributed by atoms with Crippen LogP contribution in [-0.2, 0) is 6.42 Å². The summed E-state index contributed by atoms with van der Waals surface area (Å²) < 4.78 is 0. The molecule has 0 saturated carbocycles. The van der Waals surface area contributed by atoms with Crippen molar-refractivity contribution >= 4 is 34.6 Å². The number of carboxylic acids is 1. The summed E-state index contributed by atoms with van der Waals surface area (Å²) in [5, 5.41) is 13.4. The normalized spacial score (nSPS) is 11.9. The number of carboxylic acid groups (broad SMARTS) is 1. The van der Waals surface area contributed by atoms with E-state index < -0.39 is 5.97 Å². The van der Waals surface area contributed by atoms with Gasteiger partial charge in [-0.15, -0.1) is 22.7 Å². The van der Waals surface area contributed by atoms with Crippen LogP contribution in [0, 0.1) is 6.92 Å². The van der Waals surface area contributed by atoms with E-state index in [-0.39, 0.29) is 16.8 Å². The molecule has 1 aromatic carbocycles. The summed E-state index contributed by atoms with van der Waals surface area (Å²) in [6.45, 7) is 3.74. The number of rotatable bonds is 6. The van der Waals surface area contributed by atoms with Crippen LogP contribution in [0.1, 0.15) is 37.1 Å². The third-order valence-electron chi connectivity index (χ3n) is 3.61. The fraction of sp³-hybridized carbons (Fsp3) is 0.222. The number of nitrogens with zero attached hydrogens (tertiary/aromatic N) is 2. The summed E-state index contributed by atoms with van der Waals surface area (Å²) in [6.07, 6.45) is 1.81. The van der Waals surface area contributed by atoms with E-state index in [1.54, 1.807) is 0 Å². The average Bonchev–Trinajstić information content (AvgIpc) is 3.22. The summed E-state index contributed by atoms with van der Waals surface area (Å²) in [7, 11) is 0. The number of aryl methyl sites for hydroxylation is 1. The average molecular weight is 387 g/mol. The predicted molar refractivity (Wildman–Crippen MR) is 102 cm³/mol. The summed E-state index contributed by atoms with van der Waals surface area (Å²) in [5.74, 6) is -1.23. The molecule has 134 valence electrons. The van der Waals surface area contributed by atoms with Gasteiger partial charge in [-0.2, -0.15) is 0 Å². The third-order valence-corrected chi connectivity index (χ3v) is 5.64. The summed E-state index contributed by atoms with van der Waals surface area (Å²) in [6, 6.07) is 9.50. The minimum atomic E-state index is -0.990. The molecule has 2 N–H and O–H groups in total. The summed E-state index contributed by atoms with van der Waals surface area (Å²) in [5.41, 5.74) is 1.37. The van der Waals surface area contributed by atoms with Crippen LogP contribution < -0.4 is 5.32 Å². The molecule has 0 aliphatic rings. The van der Waals surface area contributed by atoms with Crippen molar-refractivity contribution < 1.29 is 14.7 Å². The van der Waals surface area contributed by atoms with E-state index >= 15 is 0 Å². The highest BCUT2D eigenvalue weighted by atomic mass is 32.1. The number of nitrogens with one attached hydrogen (secondary N) is 1. The Morgan fingerprint density at radius 2 is 1.96 bits per heavy atom. The first kappa shape index (κ1) is 18.2. The Morgan fingerprint density at radius 1 is 1.23 bits per heavy atom. The van der Waals surface area contributed by atoms with Crippen molar-refractivity contribution in [2.24, 2.45) is 0 Å². The first-order valence-electron chi connectivity index (χ1n) is 7.95. The quantitative estimate of drug-likeness (QED) is 0.674. The number of amides is 1. The third kappa shape index (κ3) is 4.14. The topological polar surface area (TPSA) is 92.2 Å². The second kappa shape index (κ2) is 7.76. The molecule has 8 heteroatoms. The van der Waals surface area contributed by atoms with Crippen LogP contribution in [-0.4, -0.2) is 33.0 Å². The Morgan fingerprint density at radius 3 is 2.62 bits per heavy atom. The van der Waals surface area contributed by atoms with Crippen LogP contribution in [0.4, 0.5) is 0 Å². The Balaban J connectivity index is 1.72. The molecule has 0 saturated heterocycles. The van der Waals surface area contributed by atoms with Gasteiger partial charge in [0.25, 0.3) is 5.91 Å². The van der Waals surface area contributed by atoms with E-state index in [1.165, 1.54) is 17.5 Å². The highest BCUT2D eigenvalue weighted by molar-refractivity contribution is 7.15. The Bertz CT molecular complexity index is 934. The van der Waals surface area contributed by atoms with Crippen molar-refractivity contribution in [2.45, 2.75) is 26.3 Å². The molecule has 0 spiro atoms. The van der Waals surface area contributed by atoms with Crippen molar-refractivity contribution in [3.63, 3.8) is 0 Å². The van der Waals surface area contributed by atoms with Crippen LogP contribution in [0.5, 0.6) is 0 Å². The molecule has 0 fully saturated rings. The molecule has 2 aromatic heterocycles.